The molecule has 4 aromatic rings. The number of hydrogen-bond donors (Lipinski definition) is 4. The minimum Gasteiger partial charge on any atom is -0.493 e. The Bertz CT molecular complexity index is 1180. The predicted molar refractivity (Wildman–Crippen MR) is 114 cm³/mol. The number of ether oxygens (including phenoxy) is 1. The van der Waals surface area contributed by atoms with Crippen LogP contribution in [-0.2, 0) is 0 Å². The highest BCUT2D eigenvalue weighted by Gasteiger charge is 2.18. The fraction of sp³-hybridized carbons (Fsp3) is 0.227. The van der Waals surface area contributed by atoms with Crippen molar-refractivity contribution in [3.8, 4) is 5.75 Å². The number of H-pyrrole nitrogens is 1. The summed E-state index contributed by atoms with van der Waals surface area (Å²) in [7, 11) is 0. The van der Waals surface area contributed by atoms with Gasteiger partial charge in [-0.05, 0) is 36.8 Å². The molecule has 0 spiro atoms. The summed E-state index contributed by atoms with van der Waals surface area (Å²) < 4.78 is 18.9. The van der Waals surface area contributed by atoms with Crippen molar-refractivity contribution in [2.24, 2.45) is 0 Å². The number of nitrogens with one attached hydrogen (secondary N) is 2. The summed E-state index contributed by atoms with van der Waals surface area (Å²) >= 11 is 0. The van der Waals surface area contributed by atoms with Crippen LogP contribution in [0.5, 0.6) is 5.75 Å². The van der Waals surface area contributed by atoms with E-state index in [4.69, 9.17) is 9.84 Å². The number of benzene rings is 2. The molecule has 0 saturated heterocycles. The molecule has 2 heterocycles. The van der Waals surface area contributed by atoms with E-state index in [-0.39, 0.29) is 12.4 Å². The van der Waals surface area contributed by atoms with E-state index >= 15 is 0 Å². The third-order valence-corrected chi connectivity index (χ3v) is 4.64. The lowest BCUT2D eigenvalue weighted by molar-refractivity contribution is 0.210. The summed E-state index contributed by atoms with van der Waals surface area (Å²) in [5.41, 5.74) is 1.91. The van der Waals surface area contributed by atoms with Gasteiger partial charge in [0.1, 0.15) is 23.5 Å². The monoisotopic (exact) mass is 423 g/mol. The SMILES string of the molecule is Cc1cc(Nc2nc([C@H](O)c3ccc(F)cc3)nc3cc(OCCCO)ccc23)n[nH]1. The van der Waals surface area contributed by atoms with Gasteiger partial charge in [-0.2, -0.15) is 5.10 Å². The Morgan fingerprint density at radius 3 is 2.65 bits per heavy atom. The number of halogens is 1. The number of aromatic nitrogens is 4. The Balaban J connectivity index is 1.75. The molecular formula is C22H22FN5O3. The van der Waals surface area contributed by atoms with Crippen molar-refractivity contribution in [2.45, 2.75) is 19.4 Å². The number of aryl methyl sites for hydroxylation is 1. The van der Waals surface area contributed by atoms with Gasteiger partial charge in [0.05, 0.1) is 12.1 Å². The van der Waals surface area contributed by atoms with Gasteiger partial charge in [0.25, 0.3) is 0 Å². The molecule has 0 aliphatic carbocycles. The molecule has 1 atom stereocenters. The van der Waals surface area contributed by atoms with Gasteiger partial charge < -0.3 is 20.3 Å². The maximum absolute atomic E-state index is 13.3. The van der Waals surface area contributed by atoms with Gasteiger partial charge in [0.2, 0.25) is 0 Å². The first-order valence-electron chi connectivity index (χ1n) is 9.81. The van der Waals surface area contributed by atoms with Gasteiger partial charge in [-0.1, -0.05) is 12.1 Å². The molecule has 160 valence electrons. The van der Waals surface area contributed by atoms with E-state index in [1.54, 1.807) is 12.1 Å². The molecule has 4 N–H and O–H groups in total. The normalized spacial score (nSPS) is 12.1. The molecule has 0 radical (unpaired) electrons. The molecule has 2 aromatic heterocycles. The predicted octanol–water partition coefficient (Wildman–Crippen LogP) is 3.39. The van der Waals surface area contributed by atoms with E-state index in [1.165, 1.54) is 24.3 Å². The van der Waals surface area contributed by atoms with Crippen LogP contribution in [-0.4, -0.2) is 43.6 Å². The Labute approximate surface area is 177 Å². The average Bonchev–Trinajstić information content (AvgIpc) is 3.18. The lowest BCUT2D eigenvalue weighted by Gasteiger charge is -2.14. The fourth-order valence-corrected chi connectivity index (χ4v) is 3.09. The van der Waals surface area contributed by atoms with Gasteiger partial charge in [-0.25, -0.2) is 14.4 Å². The first kappa shape index (κ1) is 20.7. The molecule has 31 heavy (non-hydrogen) atoms. The number of aromatic amines is 1. The maximum Gasteiger partial charge on any atom is 0.164 e. The fourth-order valence-electron chi connectivity index (χ4n) is 3.09. The van der Waals surface area contributed by atoms with Crippen molar-refractivity contribution in [1.29, 1.82) is 0 Å². The topological polar surface area (TPSA) is 116 Å². The number of fused-ring (bicyclic) bond motifs is 1. The van der Waals surface area contributed by atoms with Crippen molar-refractivity contribution >= 4 is 22.5 Å². The van der Waals surface area contributed by atoms with E-state index < -0.39 is 11.9 Å². The summed E-state index contributed by atoms with van der Waals surface area (Å²) in [6, 6.07) is 12.7. The molecule has 0 fully saturated rings. The van der Waals surface area contributed by atoms with E-state index in [0.29, 0.717) is 46.9 Å². The third-order valence-electron chi connectivity index (χ3n) is 4.64. The molecule has 9 heteroatoms. The van der Waals surface area contributed by atoms with Crippen LogP contribution < -0.4 is 10.1 Å². The first-order chi connectivity index (χ1) is 15.0. The van der Waals surface area contributed by atoms with Crippen molar-refractivity contribution in [3.05, 3.63) is 71.4 Å². The quantitative estimate of drug-likeness (QED) is 0.321. The Morgan fingerprint density at radius 1 is 1.13 bits per heavy atom. The molecule has 4 rings (SSSR count). The lowest BCUT2D eigenvalue weighted by Crippen LogP contribution is -2.08. The van der Waals surface area contributed by atoms with Crippen molar-refractivity contribution in [3.63, 3.8) is 0 Å². The van der Waals surface area contributed by atoms with Crippen molar-refractivity contribution in [1.82, 2.24) is 20.2 Å². The molecule has 8 nitrogen and oxygen atoms in total. The molecule has 2 aromatic carbocycles. The molecule has 0 bridgehead atoms. The smallest absolute Gasteiger partial charge is 0.164 e. The van der Waals surface area contributed by atoms with E-state index in [0.717, 1.165) is 5.69 Å². The summed E-state index contributed by atoms with van der Waals surface area (Å²) in [6.07, 6.45) is -0.632. The Hall–Kier alpha value is -3.56. The van der Waals surface area contributed by atoms with E-state index in [2.05, 4.69) is 25.5 Å². The largest absolute Gasteiger partial charge is 0.493 e. The number of rotatable bonds is 8. The summed E-state index contributed by atoms with van der Waals surface area (Å²) in [5.74, 6) is 1.39. The van der Waals surface area contributed by atoms with Crippen LogP contribution >= 0.6 is 0 Å². The Kier molecular flexibility index (Phi) is 6.06. The highest BCUT2D eigenvalue weighted by atomic mass is 19.1. The van der Waals surface area contributed by atoms with Gasteiger partial charge in [0, 0.05) is 36.2 Å². The zero-order chi connectivity index (χ0) is 21.8. The van der Waals surface area contributed by atoms with Crippen molar-refractivity contribution < 1.29 is 19.3 Å². The van der Waals surface area contributed by atoms with Crippen LogP contribution in [0, 0.1) is 12.7 Å². The number of hydrogen-bond acceptors (Lipinski definition) is 7. The molecular weight excluding hydrogens is 401 g/mol. The average molecular weight is 423 g/mol. The van der Waals surface area contributed by atoms with Gasteiger partial charge >= 0.3 is 0 Å². The van der Waals surface area contributed by atoms with Crippen LogP contribution in [0.1, 0.15) is 29.6 Å². The standard InChI is InChI=1S/C22H22FN5O3/c1-13-11-19(28-27-13)25-21-17-8-7-16(31-10-2-9-29)12-18(17)24-22(26-21)20(30)14-3-5-15(23)6-4-14/h3-8,11-12,20,29-30H,2,9-10H2,1H3,(H2,24,25,26,27,28)/t20-/m1/s1. The lowest BCUT2D eigenvalue weighted by atomic mass is 10.1. The van der Waals surface area contributed by atoms with Crippen LogP contribution in [0.4, 0.5) is 16.0 Å². The minimum atomic E-state index is -1.15. The minimum absolute atomic E-state index is 0.0426. The Morgan fingerprint density at radius 2 is 1.94 bits per heavy atom. The first-order valence-corrected chi connectivity index (χ1v) is 9.81. The zero-order valence-corrected chi connectivity index (χ0v) is 16.8. The molecule has 0 unspecified atom stereocenters. The van der Waals surface area contributed by atoms with E-state index in [1.807, 2.05) is 19.1 Å². The number of aliphatic hydroxyl groups is 2. The summed E-state index contributed by atoms with van der Waals surface area (Å²) in [5, 5.41) is 30.7. The van der Waals surface area contributed by atoms with Crippen LogP contribution in [0.2, 0.25) is 0 Å². The maximum atomic E-state index is 13.3. The third kappa shape index (κ3) is 4.79. The second kappa shape index (κ2) is 9.07. The molecule has 0 saturated carbocycles. The van der Waals surface area contributed by atoms with Gasteiger partial charge in [0.15, 0.2) is 11.6 Å². The number of nitrogens with zero attached hydrogens (tertiary/aromatic N) is 3. The molecule has 0 amide bonds. The summed E-state index contributed by atoms with van der Waals surface area (Å²) in [4.78, 5) is 9.03. The molecule has 0 aliphatic rings. The number of anilines is 2. The highest BCUT2D eigenvalue weighted by Crippen LogP contribution is 2.30. The van der Waals surface area contributed by atoms with Crippen LogP contribution in [0.15, 0.2) is 48.5 Å². The van der Waals surface area contributed by atoms with E-state index in [9.17, 15) is 9.50 Å². The summed E-state index contributed by atoms with van der Waals surface area (Å²) in [6.45, 7) is 2.30. The second-order valence-electron chi connectivity index (χ2n) is 7.05. The van der Waals surface area contributed by atoms with Crippen LogP contribution in [0.3, 0.4) is 0 Å². The van der Waals surface area contributed by atoms with Crippen LogP contribution in [0.25, 0.3) is 10.9 Å². The molecule has 0 aliphatic heterocycles. The zero-order valence-electron chi connectivity index (χ0n) is 16.8. The number of aliphatic hydroxyl groups excluding tert-OH is 2. The van der Waals surface area contributed by atoms with Crippen molar-refractivity contribution in [2.75, 3.05) is 18.5 Å². The highest BCUT2D eigenvalue weighted by molar-refractivity contribution is 5.91. The van der Waals surface area contributed by atoms with Gasteiger partial charge in [-0.3, -0.25) is 5.10 Å². The van der Waals surface area contributed by atoms with Gasteiger partial charge in [-0.15, -0.1) is 0 Å². The second-order valence-corrected chi connectivity index (χ2v) is 7.05.